The molecule has 27 heavy (non-hydrogen) atoms. The lowest BCUT2D eigenvalue weighted by Crippen LogP contribution is -2.38. The first-order chi connectivity index (χ1) is 12.6. The molecule has 6 heteroatoms. The highest BCUT2D eigenvalue weighted by Gasteiger charge is 2.24. The fraction of sp³-hybridized carbons (Fsp3) is 0.381. The molecule has 2 atom stereocenters. The van der Waals surface area contributed by atoms with Crippen molar-refractivity contribution in [3.8, 4) is 5.75 Å². The average molecular weight is 391 g/mol. The number of aryl methyl sites for hydroxylation is 1. The maximum Gasteiger partial charge on any atom is 0.249 e. The van der Waals surface area contributed by atoms with Crippen molar-refractivity contribution < 1.29 is 14.3 Å². The van der Waals surface area contributed by atoms with Gasteiger partial charge in [-0.3, -0.25) is 4.79 Å². The average Bonchev–Trinajstić information content (AvgIpc) is 2.66. The predicted octanol–water partition coefficient (Wildman–Crippen LogP) is 3.80. The Bertz CT molecular complexity index is 782. The number of nitrogens with one attached hydrogen (secondary N) is 1. The largest absolute Gasteiger partial charge is 0.497 e. The molecule has 0 saturated carbocycles. The zero-order valence-electron chi connectivity index (χ0n) is 15.7. The number of anilines is 1. The molecule has 0 bridgehead atoms. The van der Waals surface area contributed by atoms with E-state index in [-0.39, 0.29) is 24.4 Å². The quantitative estimate of drug-likeness (QED) is 0.736. The Morgan fingerprint density at radius 2 is 2.11 bits per heavy atom. The minimum absolute atomic E-state index is 0. The van der Waals surface area contributed by atoms with Crippen LogP contribution in [0.5, 0.6) is 5.75 Å². The standard InChI is InChI=1S/C21H26N2O3.ClH/c1-14(26-13-15-5-3-7-18(11-15)25-2)21(24)23-20-8-4-6-16-12-17(22)9-10-19(16)20;/h3,5,7,9-12,14,20H,4,6,8,13,22H2,1-2H3,(H,23,24);1H. The Kier molecular flexibility index (Phi) is 7.51. The zero-order valence-corrected chi connectivity index (χ0v) is 16.6. The molecule has 2 unspecified atom stereocenters. The van der Waals surface area contributed by atoms with Crippen molar-refractivity contribution in [3.05, 3.63) is 59.2 Å². The second-order valence-electron chi connectivity index (χ2n) is 6.72. The molecule has 2 aromatic rings. The molecule has 0 saturated heterocycles. The van der Waals surface area contributed by atoms with Crippen LogP contribution in [0.1, 0.15) is 42.5 Å². The van der Waals surface area contributed by atoms with Gasteiger partial charge in [-0.25, -0.2) is 0 Å². The van der Waals surface area contributed by atoms with Crippen LogP contribution in [0.25, 0.3) is 0 Å². The van der Waals surface area contributed by atoms with E-state index >= 15 is 0 Å². The number of fused-ring (bicyclic) bond motifs is 1. The number of hydrogen-bond acceptors (Lipinski definition) is 4. The summed E-state index contributed by atoms with van der Waals surface area (Å²) in [6.45, 7) is 2.14. The van der Waals surface area contributed by atoms with Gasteiger partial charge in [0, 0.05) is 5.69 Å². The number of nitrogens with two attached hydrogens (primary N) is 1. The van der Waals surface area contributed by atoms with Gasteiger partial charge in [0.25, 0.3) is 0 Å². The molecule has 0 radical (unpaired) electrons. The number of methoxy groups -OCH3 is 1. The third kappa shape index (κ3) is 5.37. The van der Waals surface area contributed by atoms with Gasteiger partial charge >= 0.3 is 0 Å². The van der Waals surface area contributed by atoms with Gasteiger partial charge in [0.05, 0.1) is 19.8 Å². The topological polar surface area (TPSA) is 73.6 Å². The summed E-state index contributed by atoms with van der Waals surface area (Å²) >= 11 is 0. The predicted molar refractivity (Wildman–Crippen MR) is 109 cm³/mol. The van der Waals surface area contributed by atoms with Crippen LogP contribution in [-0.4, -0.2) is 19.1 Å². The van der Waals surface area contributed by atoms with E-state index in [1.54, 1.807) is 14.0 Å². The highest BCUT2D eigenvalue weighted by molar-refractivity contribution is 5.85. The molecule has 0 aromatic heterocycles. The van der Waals surface area contributed by atoms with Crippen molar-refractivity contribution in [2.45, 2.75) is 44.9 Å². The van der Waals surface area contributed by atoms with Crippen LogP contribution in [0.3, 0.4) is 0 Å². The molecule has 5 nitrogen and oxygen atoms in total. The van der Waals surface area contributed by atoms with Crippen LogP contribution in [0.2, 0.25) is 0 Å². The monoisotopic (exact) mass is 390 g/mol. The third-order valence-electron chi connectivity index (χ3n) is 4.80. The second-order valence-corrected chi connectivity index (χ2v) is 6.72. The smallest absolute Gasteiger partial charge is 0.249 e. The summed E-state index contributed by atoms with van der Waals surface area (Å²) in [6, 6.07) is 13.6. The van der Waals surface area contributed by atoms with Gasteiger partial charge < -0.3 is 20.5 Å². The van der Waals surface area contributed by atoms with Crippen molar-refractivity contribution in [2.75, 3.05) is 12.8 Å². The molecular weight excluding hydrogens is 364 g/mol. The Morgan fingerprint density at radius 3 is 2.89 bits per heavy atom. The van der Waals surface area contributed by atoms with Gasteiger partial charge in [-0.2, -0.15) is 0 Å². The molecule has 0 aliphatic heterocycles. The molecule has 0 heterocycles. The van der Waals surface area contributed by atoms with E-state index < -0.39 is 6.10 Å². The number of nitrogen functional groups attached to an aromatic ring is 1. The fourth-order valence-electron chi connectivity index (χ4n) is 3.33. The molecule has 146 valence electrons. The van der Waals surface area contributed by atoms with Crippen LogP contribution in [0, 0.1) is 0 Å². The first kappa shape index (κ1) is 21.1. The minimum Gasteiger partial charge on any atom is -0.497 e. The van der Waals surface area contributed by atoms with Crippen molar-refractivity contribution in [1.29, 1.82) is 0 Å². The SMILES string of the molecule is COc1cccc(COC(C)C(=O)NC2CCCc3cc(N)ccc32)c1.Cl. The molecule has 1 amide bonds. The van der Waals surface area contributed by atoms with E-state index in [4.69, 9.17) is 15.2 Å². The number of carbonyl (C=O) groups is 1. The van der Waals surface area contributed by atoms with Gasteiger partial charge in [0.1, 0.15) is 11.9 Å². The minimum atomic E-state index is -0.527. The Morgan fingerprint density at radius 1 is 1.30 bits per heavy atom. The summed E-state index contributed by atoms with van der Waals surface area (Å²) in [5.41, 5.74) is 10.0. The number of rotatable bonds is 6. The van der Waals surface area contributed by atoms with Crippen molar-refractivity contribution in [3.63, 3.8) is 0 Å². The number of amides is 1. The zero-order chi connectivity index (χ0) is 18.5. The van der Waals surface area contributed by atoms with Gasteiger partial charge in [0.15, 0.2) is 0 Å². The van der Waals surface area contributed by atoms with E-state index in [2.05, 4.69) is 5.32 Å². The Labute approximate surface area is 166 Å². The van der Waals surface area contributed by atoms with E-state index in [9.17, 15) is 4.79 Å². The summed E-state index contributed by atoms with van der Waals surface area (Å²) in [7, 11) is 1.63. The Hall–Kier alpha value is -2.24. The lowest BCUT2D eigenvalue weighted by Gasteiger charge is -2.27. The van der Waals surface area contributed by atoms with E-state index in [1.165, 1.54) is 11.1 Å². The number of ether oxygens (including phenoxy) is 2. The van der Waals surface area contributed by atoms with Crippen LogP contribution in [-0.2, 0) is 22.6 Å². The highest BCUT2D eigenvalue weighted by Crippen LogP contribution is 2.31. The van der Waals surface area contributed by atoms with E-state index in [0.717, 1.165) is 36.3 Å². The van der Waals surface area contributed by atoms with Gasteiger partial charge in [-0.15, -0.1) is 12.4 Å². The lowest BCUT2D eigenvalue weighted by atomic mass is 9.87. The van der Waals surface area contributed by atoms with Gasteiger partial charge in [0.2, 0.25) is 5.91 Å². The van der Waals surface area contributed by atoms with Crippen LogP contribution >= 0.6 is 12.4 Å². The third-order valence-corrected chi connectivity index (χ3v) is 4.80. The van der Waals surface area contributed by atoms with E-state index in [0.29, 0.717) is 6.61 Å². The van der Waals surface area contributed by atoms with Crippen molar-refractivity contribution in [2.24, 2.45) is 0 Å². The summed E-state index contributed by atoms with van der Waals surface area (Å²) < 4.78 is 11.0. The van der Waals surface area contributed by atoms with Gasteiger partial charge in [-0.05, 0) is 67.1 Å². The van der Waals surface area contributed by atoms with Crippen LogP contribution < -0.4 is 15.8 Å². The van der Waals surface area contributed by atoms with E-state index in [1.807, 2.05) is 42.5 Å². The molecule has 1 aliphatic rings. The van der Waals surface area contributed by atoms with Crippen LogP contribution in [0.4, 0.5) is 5.69 Å². The second kappa shape index (κ2) is 9.62. The molecule has 0 spiro atoms. The molecule has 3 N–H and O–H groups in total. The van der Waals surface area contributed by atoms with Crippen molar-refractivity contribution >= 4 is 24.0 Å². The molecular formula is C21H27ClN2O3. The summed E-state index contributed by atoms with van der Waals surface area (Å²) in [5, 5.41) is 3.12. The number of carbonyl (C=O) groups excluding carboxylic acids is 1. The molecule has 3 rings (SSSR count). The first-order valence-electron chi connectivity index (χ1n) is 9.00. The lowest BCUT2D eigenvalue weighted by molar-refractivity contribution is -0.133. The van der Waals surface area contributed by atoms with Gasteiger partial charge in [-0.1, -0.05) is 18.2 Å². The number of benzene rings is 2. The maximum absolute atomic E-state index is 12.5. The Balaban J connectivity index is 0.00000261. The molecule has 2 aromatic carbocycles. The number of hydrogen-bond donors (Lipinski definition) is 2. The summed E-state index contributed by atoms with van der Waals surface area (Å²) in [6.07, 6.45) is 2.46. The summed E-state index contributed by atoms with van der Waals surface area (Å²) in [5.74, 6) is 0.684. The molecule has 0 fully saturated rings. The fourth-order valence-corrected chi connectivity index (χ4v) is 3.33. The number of halogens is 1. The highest BCUT2D eigenvalue weighted by atomic mass is 35.5. The molecule has 1 aliphatic carbocycles. The van der Waals surface area contributed by atoms with Crippen molar-refractivity contribution in [1.82, 2.24) is 5.32 Å². The first-order valence-corrected chi connectivity index (χ1v) is 9.00. The maximum atomic E-state index is 12.5. The van der Waals surface area contributed by atoms with Crippen LogP contribution in [0.15, 0.2) is 42.5 Å². The normalized spacial score (nSPS) is 16.6. The summed E-state index contributed by atoms with van der Waals surface area (Å²) in [4.78, 5) is 12.5.